The third kappa shape index (κ3) is 4.11. The quantitative estimate of drug-likeness (QED) is 0.772. The molecule has 3 N–H and O–H groups in total. The predicted octanol–water partition coefficient (Wildman–Crippen LogP) is 2.06. The lowest BCUT2D eigenvalue weighted by atomic mass is 10.1. The molecule has 0 aliphatic heterocycles. The van der Waals surface area contributed by atoms with Crippen LogP contribution in [-0.2, 0) is 4.79 Å². The van der Waals surface area contributed by atoms with Gasteiger partial charge in [0.2, 0.25) is 0 Å². The number of halogens is 1. The molecule has 2 amide bonds. The Hall–Kier alpha value is -2.31. The summed E-state index contributed by atoms with van der Waals surface area (Å²) in [5, 5.41) is 13.7. The van der Waals surface area contributed by atoms with Crippen LogP contribution in [0.4, 0.5) is 14.9 Å². The number of carbonyl (C=O) groups excluding carboxylic acids is 1. The molecule has 1 aromatic rings. The van der Waals surface area contributed by atoms with Gasteiger partial charge >= 0.3 is 12.0 Å². The average Bonchev–Trinajstić information content (AvgIpc) is 2.37. The van der Waals surface area contributed by atoms with E-state index in [0.717, 1.165) is 12.1 Å². The van der Waals surface area contributed by atoms with Gasteiger partial charge < -0.3 is 20.5 Å². The van der Waals surface area contributed by atoms with Gasteiger partial charge in [-0.2, -0.15) is 0 Å². The summed E-state index contributed by atoms with van der Waals surface area (Å²) in [6.07, 6.45) is 0. The van der Waals surface area contributed by atoms with Crippen LogP contribution < -0.4 is 15.4 Å². The van der Waals surface area contributed by atoms with Gasteiger partial charge in [-0.3, -0.25) is 0 Å². The van der Waals surface area contributed by atoms with Gasteiger partial charge in [-0.1, -0.05) is 13.8 Å². The second-order valence-corrected chi connectivity index (χ2v) is 4.50. The number of carboxylic acids is 1. The first-order valence-corrected chi connectivity index (χ1v) is 5.99. The lowest BCUT2D eigenvalue weighted by Crippen LogP contribution is -2.46. The first-order chi connectivity index (χ1) is 9.35. The molecular formula is C13H17FN2O4. The number of hydrogen-bond acceptors (Lipinski definition) is 3. The fourth-order valence-corrected chi connectivity index (χ4v) is 1.58. The van der Waals surface area contributed by atoms with Crippen molar-refractivity contribution in [1.29, 1.82) is 0 Å². The summed E-state index contributed by atoms with van der Waals surface area (Å²) in [4.78, 5) is 22.7. The van der Waals surface area contributed by atoms with Gasteiger partial charge in [-0.15, -0.1) is 0 Å². The molecule has 0 bridgehead atoms. The number of rotatable bonds is 5. The molecular weight excluding hydrogens is 267 g/mol. The number of carboxylic acid groups (broad SMARTS) is 1. The van der Waals surface area contributed by atoms with Gasteiger partial charge in [0.25, 0.3) is 0 Å². The van der Waals surface area contributed by atoms with Crippen LogP contribution >= 0.6 is 0 Å². The zero-order valence-corrected chi connectivity index (χ0v) is 11.4. The van der Waals surface area contributed by atoms with Crippen molar-refractivity contribution in [2.45, 2.75) is 19.9 Å². The minimum atomic E-state index is -1.12. The molecule has 0 aliphatic rings. The van der Waals surface area contributed by atoms with Crippen molar-refractivity contribution in [2.75, 3.05) is 12.4 Å². The van der Waals surface area contributed by atoms with Crippen LogP contribution in [0.25, 0.3) is 0 Å². The number of methoxy groups -OCH3 is 1. The number of ether oxygens (including phenoxy) is 1. The summed E-state index contributed by atoms with van der Waals surface area (Å²) in [5.74, 6) is -1.75. The summed E-state index contributed by atoms with van der Waals surface area (Å²) >= 11 is 0. The molecule has 0 aliphatic carbocycles. The van der Waals surface area contributed by atoms with Gasteiger partial charge in [0.05, 0.1) is 12.8 Å². The molecule has 0 heterocycles. The van der Waals surface area contributed by atoms with Crippen molar-refractivity contribution < 1.29 is 23.8 Å². The molecule has 0 radical (unpaired) electrons. The number of anilines is 1. The van der Waals surface area contributed by atoms with E-state index in [1.807, 2.05) is 0 Å². The van der Waals surface area contributed by atoms with Crippen molar-refractivity contribution in [3.63, 3.8) is 0 Å². The lowest BCUT2D eigenvalue weighted by Gasteiger charge is -2.18. The summed E-state index contributed by atoms with van der Waals surface area (Å²) < 4.78 is 17.9. The smallest absolute Gasteiger partial charge is 0.326 e. The first-order valence-electron chi connectivity index (χ1n) is 5.99. The van der Waals surface area contributed by atoms with Gasteiger partial charge in [-0.25, -0.2) is 14.0 Å². The van der Waals surface area contributed by atoms with E-state index >= 15 is 0 Å². The molecule has 110 valence electrons. The number of hydrogen-bond donors (Lipinski definition) is 3. The Bertz CT molecular complexity index is 505. The normalized spacial score (nSPS) is 11.8. The number of nitrogens with one attached hydrogen (secondary N) is 2. The molecule has 0 saturated heterocycles. The van der Waals surface area contributed by atoms with E-state index in [1.54, 1.807) is 13.8 Å². The Morgan fingerprint density at radius 1 is 1.35 bits per heavy atom. The third-order valence-corrected chi connectivity index (χ3v) is 2.63. The van der Waals surface area contributed by atoms with Crippen LogP contribution in [0.15, 0.2) is 18.2 Å². The number of urea groups is 1. The van der Waals surface area contributed by atoms with Crippen molar-refractivity contribution in [3.8, 4) is 5.75 Å². The van der Waals surface area contributed by atoms with Crippen LogP contribution in [0, 0.1) is 11.7 Å². The van der Waals surface area contributed by atoms with Crippen molar-refractivity contribution in [2.24, 2.45) is 5.92 Å². The molecule has 0 spiro atoms. The van der Waals surface area contributed by atoms with Crippen LogP contribution in [-0.4, -0.2) is 30.3 Å². The van der Waals surface area contributed by atoms with Gasteiger partial charge in [0, 0.05) is 6.07 Å². The largest absolute Gasteiger partial charge is 0.494 e. The fraction of sp³-hybridized carbons (Fsp3) is 0.385. The van der Waals surface area contributed by atoms with Crippen LogP contribution in [0.2, 0.25) is 0 Å². The highest BCUT2D eigenvalue weighted by molar-refractivity contribution is 5.93. The summed E-state index contributed by atoms with van der Waals surface area (Å²) in [6.45, 7) is 3.36. The zero-order chi connectivity index (χ0) is 15.3. The number of benzene rings is 1. The van der Waals surface area contributed by atoms with E-state index in [-0.39, 0.29) is 17.4 Å². The molecule has 7 heteroatoms. The predicted molar refractivity (Wildman–Crippen MR) is 71.4 cm³/mol. The second-order valence-electron chi connectivity index (χ2n) is 4.50. The molecule has 1 rings (SSSR count). The van der Waals surface area contributed by atoms with E-state index in [9.17, 15) is 14.0 Å². The Balaban J connectivity index is 2.78. The Kier molecular flexibility index (Phi) is 5.31. The lowest BCUT2D eigenvalue weighted by molar-refractivity contribution is -0.140. The number of amides is 2. The van der Waals surface area contributed by atoms with Crippen LogP contribution in [0.1, 0.15) is 13.8 Å². The maximum atomic E-state index is 13.0. The highest BCUT2D eigenvalue weighted by atomic mass is 19.1. The molecule has 1 atom stereocenters. The molecule has 0 unspecified atom stereocenters. The number of carbonyl (C=O) groups is 2. The van der Waals surface area contributed by atoms with Crippen molar-refractivity contribution >= 4 is 17.7 Å². The molecule has 1 aromatic carbocycles. The highest BCUT2D eigenvalue weighted by Gasteiger charge is 2.23. The van der Waals surface area contributed by atoms with E-state index in [4.69, 9.17) is 9.84 Å². The molecule has 0 aromatic heterocycles. The van der Waals surface area contributed by atoms with Gasteiger partial charge in [-0.05, 0) is 18.1 Å². The topological polar surface area (TPSA) is 87.7 Å². The van der Waals surface area contributed by atoms with Gasteiger partial charge in [0.15, 0.2) is 0 Å². The Morgan fingerprint density at radius 2 is 2.00 bits per heavy atom. The second kappa shape index (κ2) is 6.74. The highest BCUT2D eigenvalue weighted by Crippen LogP contribution is 2.24. The Labute approximate surface area is 115 Å². The number of aliphatic carboxylic acids is 1. The van der Waals surface area contributed by atoms with Crippen molar-refractivity contribution in [1.82, 2.24) is 5.32 Å². The molecule has 0 fully saturated rings. The SMILES string of the molecule is COc1cc(F)ccc1NC(=O)N[C@@H](C(=O)O)C(C)C. The summed E-state index contributed by atoms with van der Waals surface area (Å²) in [6, 6.07) is 1.90. The molecule has 0 saturated carbocycles. The standard InChI is InChI=1S/C13H17FN2O4/c1-7(2)11(12(17)18)16-13(19)15-9-5-4-8(14)6-10(9)20-3/h4-7,11H,1-3H3,(H,17,18)(H2,15,16,19)/t11-/m1/s1. The average molecular weight is 284 g/mol. The molecule has 20 heavy (non-hydrogen) atoms. The van der Waals surface area contributed by atoms with E-state index in [2.05, 4.69) is 10.6 Å². The van der Waals surface area contributed by atoms with Gasteiger partial charge in [0.1, 0.15) is 17.6 Å². The Morgan fingerprint density at radius 3 is 2.50 bits per heavy atom. The van der Waals surface area contributed by atoms with Crippen LogP contribution in [0.5, 0.6) is 5.75 Å². The minimum absolute atomic E-state index is 0.150. The summed E-state index contributed by atoms with van der Waals surface area (Å²) in [7, 11) is 1.34. The van der Waals surface area contributed by atoms with Crippen LogP contribution in [0.3, 0.4) is 0 Å². The summed E-state index contributed by atoms with van der Waals surface area (Å²) in [5.41, 5.74) is 0.249. The first kappa shape index (κ1) is 15.7. The van der Waals surface area contributed by atoms with Crippen molar-refractivity contribution in [3.05, 3.63) is 24.0 Å². The minimum Gasteiger partial charge on any atom is -0.494 e. The monoisotopic (exact) mass is 284 g/mol. The maximum Gasteiger partial charge on any atom is 0.326 e. The zero-order valence-electron chi connectivity index (χ0n) is 11.4. The van der Waals surface area contributed by atoms with E-state index < -0.39 is 23.9 Å². The van der Waals surface area contributed by atoms with E-state index in [1.165, 1.54) is 13.2 Å². The maximum absolute atomic E-state index is 13.0. The fourth-order valence-electron chi connectivity index (χ4n) is 1.58. The molecule has 6 nitrogen and oxygen atoms in total. The third-order valence-electron chi connectivity index (χ3n) is 2.63. The van der Waals surface area contributed by atoms with E-state index in [0.29, 0.717) is 0 Å².